The van der Waals surface area contributed by atoms with Crippen LogP contribution in [0, 0.1) is 6.92 Å². The number of aromatic nitrogens is 2. The van der Waals surface area contributed by atoms with Crippen LogP contribution < -0.4 is 4.74 Å². The normalized spacial score (nSPS) is 11.5. The molecule has 2 aromatic carbocycles. The number of imidazole rings is 1. The molecule has 1 aromatic heterocycles. The van der Waals surface area contributed by atoms with Gasteiger partial charge in [-0.05, 0) is 19.1 Å². The van der Waals surface area contributed by atoms with Crippen LogP contribution in [0.2, 0.25) is 10.0 Å². The summed E-state index contributed by atoms with van der Waals surface area (Å²) in [5.74, 6) is 0.311. The van der Waals surface area contributed by atoms with Gasteiger partial charge in [0.05, 0.1) is 17.8 Å². The van der Waals surface area contributed by atoms with Crippen molar-refractivity contribution >= 4 is 33.2 Å². The molecule has 0 aliphatic carbocycles. The van der Waals surface area contributed by atoms with E-state index in [-0.39, 0.29) is 20.7 Å². The second-order valence-corrected chi connectivity index (χ2v) is 7.83. The van der Waals surface area contributed by atoms with Gasteiger partial charge in [0.1, 0.15) is 9.92 Å². The molecule has 0 aliphatic rings. The van der Waals surface area contributed by atoms with Crippen molar-refractivity contribution in [3.05, 3.63) is 64.4 Å². The summed E-state index contributed by atoms with van der Waals surface area (Å²) in [6, 6.07) is 11.9. The minimum absolute atomic E-state index is 0.000434. The third kappa shape index (κ3) is 3.13. The number of benzene rings is 2. The Morgan fingerprint density at radius 3 is 2.40 bits per heavy atom. The van der Waals surface area contributed by atoms with E-state index >= 15 is 0 Å². The molecule has 0 aliphatic heterocycles. The Labute approximate surface area is 155 Å². The second-order valence-electron chi connectivity index (χ2n) is 5.27. The van der Waals surface area contributed by atoms with Gasteiger partial charge in [0, 0.05) is 11.8 Å². The van der Waals surface area contributed by atoms with Crippen molar-refractivity contribution in [3.8, 4) is 17.1 Å². The van der Waals surface area contributed by atoms with E-state index in [4.69, 9.17) is 27.9 Å². The third-order valence-corrected chi connectivity index (χ3v) is 6.04. The second kappa shape index (κ2) is 6.71. The van der Waals surface area contributed by atoms with Crippen LogP contribution in [0.5, 0.6) is 5.75 Å². The lowest BCUT2D eigenvalue weighted by Crippen LogP contribution is -2.15. The van der Waals surface area contributed by atoms with Gasteiger partial charge in [-0.15, -0.1) is 0 Å². The molecule has 0 atom stereocenters. The molecule has 0 spiro atoms. The number of rotatable bonds is 4. The molecule has 0 fully saturated rings. The molecular weight excluding hydrogens is 383 g/mol. The van der Waals surface area contributed by atoms with Gasteiger partial charge in [-0.25, -0.2) is 17.4 Å². The summed E-state index contributed by atoms with van der Waals surface area (Å²) in [7, 11) is -2.65. The zero-order valence-electron chi connectivity index (χ0n) is 13.4. The number of halogens is 2. The maximum Gasteiger partial charge on any atom is 0.273 e. The first-order chi connectivity index (χ1) is 11.9. The van der Waals surface area contributed by atoms with Crippen molar-refractivity contribution in [2.24, 2.45) is 0 Å². The van der Waals surface area contributed by atoms with Crippen molar-refractivity contribution in [1.82, 2.24) is 8.96 Å². The molecule has 25 heavy (non-hydrogen) atoms. The van der Waals surface area contributed by atoms with Crippen LogP contribution in [-0.4, -0.2) is 24.5 Å². The fraction of sp³-hybridized carbons (Fsp3) is 0.118. The lowest BCUT2D eigenvalue weighted by Gasteiger charge is -2.14. The standard InChI is InChI=1S/C17H14Cl2N2O3S/c1-11-10-21(17(20-11)12-6-4-3-5-7-12)25(22,23)14-9-8-13(18)15(19)16(14)24-2/h3-10H,1-2H3. The van der Waals surface area contributed by atoms with E-state index in [0.29, 0.717) is 17.1 Å². The fourth-order valence-corrected chi connectivity index (χ4v) is 4.44. The molecule has 0 radical (unpaired) electrons. The zero-order chi connectivity index (χ0) is 18.2. The maximum absolute atomic E-state index is 13.2. The number of hydrogen-bond acceptors (Lipinski definition) is 4. The van der Waals surface area contributed by atoms with Crippen LogP contribution in [0.15, 0.2) is 53.6 Å². The first-order valence-corrected chi connectivity index (χ1v) is 9.45. The largest absolute Gasteiger partial charge is 0.494 e. The van der Waals surface area contributed by atoms with Crippen molar-refractivity contribution < 1.29 is 13.2 Å². The summed E-state index contributed by atoms with van der Waals surface area (Å²) in [5.41, 5.74) is 1.25. The van der Waals surface area contributed by atoms with Gasteiger partial charge < -0.3 is 4.74 Å². The van der Waals surface area contributed by atoms with Crippen LogP contribution in [0.1, 0.15) is 5.69 Å². The number of aryl methyl sites for hydroxylation is 1. The maximum atomic E-state index is 13.2. The highest BCUT2D eigenvalue weighted by Crippen LogP contribution is 2.39. The van der Waals surface area contributed by atoms with Gasteiger partial charge in [0.25, 0.3) is 10.0 Å². The Morgan fingerprint density at radius 2 is 1.76 bits per heavy atom. The van der Waals surface area contributed by atoms with Crippen LogP contribution in [0.4, 0.5) is 0 Å². The molecule has 0 N–H and O–H groups in total. The monoisotopic (exact) mass is 396 g/mol. The van der Waals surface area contributed by atoms with E-state index in [0.717, 1.165) is 3.97 Å². The van der Waals surface area contributed by atoms with Crippen LogP contribution >= 0.6 is 23.2 Å². The molecule has 0 amide bonds. The van der Waals surface area contributed by atoms with Crippen molar-refractivity contribution in [2.45, 2.75) is 11.8 Å². The first kappa shape index (κ1) is 17.8. The zero-order valence-corrected chi connectivity index (χ0v) is 15.7. The molecule has 0 saturated carbocycles. The SMILES string of the molecule is COc1c(S(=O)(=O)n2cc(C)nc2-c2ccccc2)ccc(Cl)c1Cl. The number of nitrogens with zero attached hydrogens (tertiary/aromatic N) is 2. The molecule has 5 nitrogen and oxygen atoms in total. The summed E-state index contributed by atoms with van der Waals surface area (Å²) >= 11 is 12.1. The summed E-state index contributed by atoms with van der Waals surface area (Å²) in [4.78, 5) is 4.27. The average Bonchev–Trinajstić information content (AvgIpc) is 3.00. The lowest BCUT2D eigenvalue weighted by molar-refractivity contribution is 0.402. The smallest absolute Gasteiger partial charge is 0.273 e. The predicted octanol–water partition coefficient (Wildman–Crippen LogP) is 4.41. The Balaban J connectivity index is 2.26. The van der Waals surface area contributed by atoms with E-state index in [9.17, 15) is 8.42 Å². The van der Waals surface area contributed by atoms with Gasteiger partial charge in [-0.2, -0.15) is 0 Å². The lowest BCUT2D eigenvalue weighted by atomic mass is 10.2. The molecule has 3 rings (SSSR count). The molecule has 0 unspecified atom stereocenters. The summed E-state index contributed by atoms with van der Waals surface area (Å²) in [6.45, 7) is 1.73. The third-order valence-electron chi connectivity index (χ3n) is 3.58. The quantitative estimate of drug-likeness (QED) is 0.654. The van der Waals surface area contributed by atoms with Crippen molar-refractivity contribution in [1.29, 1.82) is 0 Å². The van der Waals surface area contributed by atoms with Crippen LogP contribution in [-0.2, 0) is 10.0 Å². The van der Waals surface area contributed by atoms with Crippen LogP contribution in [0.25, 0.3) is 11.4 Å². The molecule has 0 bridgehead atoms. The van der Waals surface area contributed by atoms with Gasteiger partial charge in [-0.1, -0.05) is 53.5 Å². The summed E-state index contributed by atoms with van der Waals surface area (Å²) in [5, 5.41) is 0.255. The Bertz CT molecular complexity index is 1030. The van der Waals surface area contributed by atoms with E-state index in [1.54, 1.807) is 19.1 Å². The van der Waals surface area contributed by atoms with Crippen molar-refractivity contribution in [2.75, 3.05) is 7.11 Å². The predicted molar refractivity (Wildman–Crippen MR) is 98.0 cm³/mol. The summed E-state index contributed by atoms with van der Waals surface area (Å²) < 4.78 is 32.8. The summed E-state index contributed by atoms with van der Waals surface area (Å²) in [6.07, 6.45) is 1.46. The fourth-order valence-electron chi connectivity index (χ4n) is 2.45. The van der Waals surface area contributed by atoms with Gasteiger partial charge in [0.15, 0.2) is 11.6 Å². The molecule has 0 saturated heterocycles. The Morgan fingerprint density at radius 1 is 1.08 bits per heavy atom. The average molecular weight is 397 g/mol. The Kier molecular flexibility index (Phi) is 4.77. The van der Waals surface area contributed by atoms with E-state index in [1.165, 1.54) is 25.4 Å². The van der Waals surface area contributed by atoms with Gasteiger partial charge in [0.2, 0.25) is 0 Å². The highest BCUT2D eigenvalue weighted by atomic mass is 35.5. The van der Waals surface area contributed by atoms with E-state index < -0.39 is 10.0 Å². The Hall–Kier alpha value is -2.02. The number of hydrogen-bond donors (Lipinski definition) is 0. The highest BCUT2D eigenvalue weighted by molar-refractivity contribution is 7.90. The molecule has 8 heteroatoms. The molecule has 3 aromatic rings. The minimum Gasteiger partial charge on any atom is -0.494 e. The molecule has 130 valence electrons. The van der Waals surface area contributed by atoms with Crippen molar-refractivity contribution in [3.63, 3.8) is 0 Å². The van der Waals surface area contributed by atoms with E-state index in [2.05, 4.69) is 4.98 Å². The molecular formula is C17H14Cl2N2O3S. The number of ether oxygens (including phenoxy) is 1. The topological polar surface area (TPSA) is 61.2 Å². The van der Waals surface area contributed by atoms with E-state index in [1.807, 2.05) is 18.2 Å². The van der Waals surface area contributed by atoms with Gasteiger partial charge >= 0.3 is 0 Å². The highest BCUT2D eigenvalue weighted by Gasteiger charge is 2.27. The minimum atomic E-state index is -3.99. The van der Waals surface area contributed by atoms with Gasteiger partial charge in [-0.3, -0.25) is 0 Å². The first-order valence-electron chi connectivity index (χ1n) is 7.25. The molecule has 1 heterocycles. The number of methoxy groups -OCH3 is 1. The van der Waals surface area contributed by atoms with Crippen LogP contribution in [0.3, 0.4) is 0 Å².